The Morgan fingerprint density at radius 2 is 2.04 bits per heavy atom. The van der Waals surface area contributed by atoms with Crippen molar-refractivity contribution in [2.24, 2.45) is 0 Å². The van der Waals surface area contributed by atoms with Crippen LogP contribution in [0.15, 0.2) is 30.3 Å². The lowest BCUT2D eigenvalue weighted by atomic mass is 9.94. The number of aryl methyl sites for hydroxylation is 1. The first-order valence-electron chi connectivity index (χ1n) is 9.34. The van der Waals surface area contributed by atoms with Crippen LogP contribution >= 0.6 is 0 Å². The molecule has 1 aliphatic carbocycles. The Kier molecular flexibility index (Phi) is 4.45. The van der Waals surface area contributed by atoms with Gasteiger partial charge in [-0.05, 0) is 31.4 Å². The predicted molar refractivity (Wildman–Crippen MR) is 97.1 cm³/mol. The van der Waals surface area contributed by atoms with Crippen LogP contribution in [0.3, 0.4) is 0 Å². The SMILES string of the molecule is CC(=O)N1CCCn2nc(CNC(=O)C3(c4ccccc4F)CC3)cc2C1. The summed E-state index contributed by atoms with van der Waals surface area (Å²) in [4.78, 5) is 26.2. The number of carbonyl (C=O) groups excluding carboxylic acids is 2. The van der Waals surface area contributed by atoms with Gasteiger partial charge in [0.25, 0.3) is 0 Å². The van der Waals surface area contributed by atoms with Gasteiger partial charge < -0.3 is 10.2 Å². The average Bonchev–Trinajstić information content (AvgIpc) is 3.40. The van der Waals surface area contributed by atoms with Crippen LogP contribution in [-0.4, -0.2) is 33.0 Å². The fourth-order valence-electron chi connectivity index (χ4n) is 3.81. The molecule has 1 aromatic carbocycles. The standard InChI is InChI=1S/C20H23FN4O2/c1-14(26)24-9-4-10-25-16(13-24)11-15(23-25)12-22-19(27)20(7-8-20)17-5-2-3-6-18(17)21/h2-3,5-6,11H,4,7-10,12-13H2,1H3,(H,22,27). The zero-order valence-electron chi connectivity index (χ0n) is 15.4. The second kappa shape index (κ2) is 6.79. The summed E-state index contributed by atoms with van der Waals surface area (Å²) < 4.78 is 16.0. The number of carbonyl (C=O) groups is 2. The van der Waals surface area contributed by atoms with E-state index in [0.717, 1.165) is 30.9 Å². The van der Waals surface area contributed by atoms with E-state index in [2.05, 4.69) is 10.4 Å². The Morgan fingerprint density at radius 1 is 1.26 bits per heavy atom. The molecule has 0 spiro atoms. The van der Waals surface area contributed by atoms with Crippen molar-refractivity contribution < 1.29 is 14.0 Å². The monoisotopic (exact) mass is 370 g/mol. The van der Waals surface area contributed by atoms with Gasteiger partial charge in [-0.3, -0.25) is 14.3 Å². The third-order valence-electron chi connectivity index (χ3n) is 5.51. The third kappa shape index (κ3) is 3.34. The van der Waals surface area contributed by atoms with Gasteiger partial charge in [0, 0.05) is 25.6 Å². The summed E-state index contributed by atoms with van der Waals surface area (Å²) in [5.74, 6) is -0.426. The molecule has 2 heterocycles. The first-order chi connectivity index (χ1) is 13.0. The van der Waals surface area contributed by atoms with Crippen molar-refractivity contribution >= 4 is 11.8 Å². The van der Waals surface area contributed by atoms with E-state index in [-0.39, 0.29) is 17.6 Å². The molecule has 0 bridgehead atoms. The van der Waals surface area contributed by atoms with Crippen LogP contribution in [0.1, 0.15) is 43.1 Å². The predicted octanol–water partition coefficient (Wildman–Crippen LogP) is 2.12. The molecule has 1 N–H and O–H groups in total. The molecular weight excluding hydrogens is 347 g/mol. The van der Waals surface area contributed by atoms with Gasteiger partial charge in [0.15, 0.2) is 0 Å². The van der Waals surface area contributed by atoms with Crippen molar-refractivity contribution in [3.63, 3.8) is 0 Å². The van der Waals surface area contributed by atoms with Crippen LogP contribution < -0.4 is 5.32 Å². The minimum atomic E-state index is -0.742. The van der Waals surface area contributed by atoms with Gasteiger partial charge in [0.1, 0.15) is 5.82 Å². The molecule has 1 aromatic heterocycles. The molecule has 1 aliphatic heterocycles. The highest BCUT2D eigenvalue weighted by Crippen LogP contribution is 2.49. The fraction of sp³-hybridized carbons (Fsp3) is 0.450. The maximum absolute atomic E-state index is 14.1. The number of benzene rings is 1. The normalized spacial score (nSPS) is 17.8. The topological polar surface area (TPSA) is 67.2 Å². The van der Waals surface area contributed by atoms with Crippen LogP contribution in [0.5, 0.6) is 0 Å². The molecule has 6 nitrogen and oxygen atoms in total. The van der Waals surface area contributed by atoms with E-state index in [1.54, 1.807) is 30.0 Å². The summed E-state index contributed by atoms with van der Waals surface area (Å²) >= 11 is 0. The molecule has 7 heteroatoms. The van der Waals surface area contributed by atoms with Gasteiger partial charge in [0.2, 0.25) is 11.8 Å². The van der Waals surface area contributed by atoms with Gasteiger partial charge in [-0.15, -0.1) is 0 Å². The van der Waals surface area contributed by atoms with Gasteiger partial charge in [-0.25, -0.2) is 4.39 Å². The summed E-state index contributed by atoms with van der Waals surface area (Å²) in [7, 11) is 0. The van der Waals surface area contributed by atoms with Crippen molar-refractivity contribution in [2.45, 2.75) is 51.2 Å². The van der Waals surface area contributed by atoms with Crippen molar-refractivity contribution in [2.75, 3.05) is 6.54 Å². The van der Waals surface area contributed by atoms with Crippen LogP contribution in [-0.2, 0) is 34.6 Å². The Balaban J connectivity index is 1.44. The molecule has 2 amide bonds. The highest BCUT2D eigenvalue weighted by Gasteiger charge is 2.52. The number of hydrogen-bond acceptors (Lipinski definition) is 3. The third-order valence-corrected chi connectivity index (χ3v) is 5.51. The lowest BCUT2D eigenvalue weighted by Gasteiger charge is -2.17. The second-order valence-electron chi connectivity index (χ2n) is 7.39. The average molecular weight is 370 g/mol. The molecule has 1 fully saturated rings. The maximum Gasteiger partial charge on any atom is 0.231 e. The quantitative estimate of drug-likeness (QED) is 0.897. The van der Waals surface area contributed by atoms with Crippen molar-refractivity contribution in [3.8, 4) is 0 Å². The number of hydrogen-bond donors (Lipinski definition) is 1. The van der Waals surface area contributed by atoms with E-state index in [4.69, 9.17) is 0 Å². The van der Waals surface area contributed by atoms with E-state index < -0.39 is 5.41 Å². The van der Waals surface area contributed by atoms with E-state index >= 15 is 0 Å². The number of fused-ring (bicyclic) bond motifs is 1. The lowest BCUT2D eigenvalue weighted by Crippen LogP contribution is -2.35. The number of nitrogens with one attached hydrogen (secondary N) is 1. The van der Waals surface area contributed by atoms with Crippen molar-refractivity contribution in [1.82, 2.24) is 20.0 Å². The first-order valence-corrected chi connectivity index (χ1v) is 9.34. The van der Waals surface area contributed by atoms with E-state index in [1.807, 2.05) is 10.7 Å². The van der Waals surface area contributed by atoms with Crippen LogP contribution in [0.4, 0.5) is 4.39 Å². The summed E-state index contributed by atoms with van der Waals surface area (Å²) in [6.45, 7) is 3.90. The summed E-state index contributed by atoms with van der Waals surface area (Å²) in [5, 5.41) is 7.48. The first kappa shape index (κ1) is 17.7. The molecule has 0 radical (unpaired) electrons. The highest BCUT2D eigenvalue weighted by atomic mass is 19.1. The zero-order valence-corrected chi connectivity index (χ0v) is 15.4. The van der Waals surface area contributed by atoms with Crippen molar-refractivity contribution in [1.29, 1.82) is 0 Å². The number of rotatable bonds is 4. The zero-order chi connectivity index (χ0) is 19.0. The largest absolute Gasteiger partial charge is 0.350 e. The summed E-state index contributed by atoms with van der Waals surface area (Å²) in [6.07, 6.45) is 2.18. The van der Waals surface area contributed by atoms with Crippen molar-refractivity contribution in [3.05, 3.63) is 53.1 Å². The molecule has 2 aliphatic rings. The fourth-order valence-corrected chi connectivity index (χ4v) is 3.81. The maximum atomic E-state index is 14.1. The van der Waals surface area contributed by atoms with E-state index in [0.29, 0.717) is 31.5 Å². The molecule has 142 valence electrons. The molecule has 0 atom stereocenters. The molecular formula is C20H23FN4O2. The number of halogens is 1. The van der Waals surface area contributed by atoms with Gasteiger partial charge in [0.05, 0.1) is 29.9 Å². The molecule has 2 aromatic rings. The molecule has 0 saturated heterocycles. The van der Waals surface area contributed by atoms with Gasteiger partial charge >= 0.3 is 0 Å². The minimum absolute atomic E-state index is 0.0556. The smallest absolute Gasteiger partial charge is 0.231 e. The minimum Gasteiger partial charge on any atom is -0.350 e. The highest BCUT2D eigenvalue weighted by molar-refractivity contribution is 5.91. The second-order valence-corrected chi connectivity index (χ2v) is 7.39. The number of nitrogens with zero attached hydrogens (tertiary/aromatic N) is 3. The number of aromatic nitrogens is 2. The molecule has 27 heavy (non-hydrogen) atoms. The Morgan fingerprint density at radius 3 is 2.74 bits per heavy atom. The summed E-state index contributed by atoms with van der Waals surface area (Å²) in [5.41, 5.74) is 1.46. The number of amides is 2. The Hall–Kier alpha value is -2.70. The molecule has 4 rings (SSSR count). The lowest BCUT2D eigenvalue weighted by molar-refractivity contribution is -0.129. The molecule has 1 saturated carbocycles. The Labute approximate surface area is 157 Å². The van der Waals surface area contributed by atoms with Gasteiger partial charge in [-0.2, -0.15) is 5.10 Å². The van der Waals surface area contributed by atoms with Crippen LogP contribution in [0.25, 0.3) is 0 Å². The van der Waals surface area contributed by atoms with Gasteiger partial charge in [-0.1, -0.05) is 18.2 Å². The molecule has 0 unspecified atom stereocenters. The summed E-state index contributed by atoms with van der Waals surface area (Å²) in [6, 6.07) is 8.42. The van der Waals surface area contributed by atoms with Crippen LogP contribution in [0.2, 0.25) is 0 Å². The van der Waals surface area contributed by atoms with E-state index in [1.165, 1.54) is 6.07 Å². The van der Waals surface area contributed by atoms with E-state index in [9.17, 15) is 14.0 Å². The Bertz CT molecular complexity index is 888. The van der Waals surface area contributed by atoms with Crippen LogP contribution in [0, 0.1) is 5.82 Å².